The normalized spacial score (nSPS) is 13.6. The fraction of sp³-hybridized carbons (Fsp3) is 0.326. The fourth-order valence-corrected chi connectivity index (χ4v) is 6.32. The molecule has 0 aliphatic heterocycles. The molecule has 4 aromatic heterocycles. The van der Waals surface area contributed by atoms with E-state index in [0.717, 1.165) is 65.7 Å². The Balaban J connectivity index is 0.000000184. The lowest BCUT2D eigenvalue weighted by Gasteiger charge is -2.27. The molecule has 2 aliphatic rings. The summed E-state index contributed by atoms with van der Waals surface area (Å²) in [6, 6.07) is 19.6. The predicted molar refractivity (Wildman–Crippen MR) is 221 cm³/mol. The van der Waals surface area contributed by atoms with Crippen molar-refractivity contribution in [3.8, 4) is 22.5 Å². The third kappa shape index (κ3) is 9.77. The molecule has 0 unspecified atom stereocenters. The van der Waals surface area contributed by atoms with Crippen LogP contribution in [0.3, 0.4) is 0 Å². The van der Waals surface area contributed by atoms with Gasteiger partial charge in [0.2, 0.25) is 11.8 Å². The van der Waals surface area contributed by atoms with Crippen molar-refractivity contribution in [3.63, 3.8) is 0 Å². The molecule has 3 N–H and O–H groups in total. The van der Waals surface area contributed by atoms with E-state index in [-0.39, 0.29) is 17.9 Å². The Bertz CT molecular complexity index is 2570. The summed E-state index contributed by atoms with van der Waals surface area (Å²) < 4.78 is 8.86. The van der Waals surface area contributed by atoms with Gasteiger partial charge in [-0.2, -0.15) is 19.2 Å². The molecule has 4 heterocycles. The topological polar surface area (TPSA) is 194 Å². The number of fused-ring (bicyclic) bond motifs is 2. The molecule has 2 saturated carbocycles. The number of rotatable bonds is 12. The van der Waals surface area contributed by atoms with Crippen LogP contribution in [-0.4, -0.2) is 77.4 Å². The molecule has 6 aromatic rings. The lowest BCUT2D eigenvalue weighted by Crippen LogP contribution is -2.39. The van der Waals surface area contributed by atoms with Crippen molar-refractivity contribution in [2.24, 2.45) is 0 Å². The maximum Gasteiger partial charge on any atom is 0.416 e. The predicted octanol–water partition coefficient (Wildman–Crippen LogP) is 6.17. The average molecular weight is 799 g/mol. The third-order valence-corrected chi connectivity index (χ3v) is 9.44. The van der Waals surface area contributed by atoms with E-state index < -0.39 is 11.7 Å². The quantitative estimate of drug-likeness (QED) is 0.120. The number of aromatic nitrogens is 6. The molecule has 2 fully saturated rings. The Hall–Kier alpha value is -6.97. The van der Waals surface area contributed by atoms with Gasteiger partial charge in [0.25, 0.3) is 0 Å². The molecule has 3 amide bonds. The number of anilines is 2. The number of ether oxygens (including phenoxy) is 1. The number of hydrogen-bond acceptors (Lipinski definition) is 11. The Morgan fingerprint density at radius 3 is 1.78 bits per heavy atom. The molecule has 304 valence electrons. The highest BCUT2D eigenvalue weighted by Gasteiger charge is 2.38. The van der Waals surface area contributed by atoms with E-state index in [1.807, 2.05) is 75.4 Å². The minimum absolute atomic E-state index is 0.00622. The van der Waals surface area contributed by atoms with Crippen LogP contribution in [0.15, 0.2) is 73.1 Å². The molecule has 0 bridgehead atoms. The molecule has 0 atom stereocenters. The van der Waals surface area contributed by atoms with E-state index in [1.165, 1.54) is 30.8 Å². The zero-order valence-corrected chi connectivity index (χ0v) is 33.6. The Kier molecular flexibility index (Phi) is 11.5. The Labute approximate surface area is 340 Å². The van der Waals surface area contributed by atoms with Gasteiger partial charge < -0.3 is 20.7 Å². The van der Waals surface area contributed by atoms with Crippen molar-refractivity contribution in [2.45, 2.75) is 91.1 Å². The lowest BCUT2D eigenvalue weighted by molar-refractivity contribution is -0.120. The van der Waals surface area contributed by atoms with E-state index >= 15 is 0 Å². The van der Waals surface area contributed by atoms with E-state index in [4.69, 9.17) is 4.74 Å². The lowest BCUT2D eigenvalue weighted by atomic mass is 10.1. The van der Waals surface area contributed by atoms with Crippen LogP contribution in [0, 0.1) is 0 Å². The van der Waals surface area contributed by atoms with E-state index in [1.54, 1.807) is 15.5 Å². The first-order valence-corrected chi connectivity index (χ1v) is 19.4. The monoisotopic (exact) mass is 798 g/mol. The van der Waals surface area contributed by atoms with Gasteiger partial charge in [0.05, 0.1) is 34.9 Å². The average Bonchev–Trinajstić information content (AvgIpc) is 4.13. The highest BCUT2D eigenvalue weighted by molar-refractivity contribution is 5.91. The number of carbonyl (C=O) groups excluding carboxylic acids is 5. The van der Waals surface area contributed by atoms with Gasteiger partial charge in [-0.3, -0.25) is 24.1 Å². The summed E-state index contributed by atoms with van der Waals surface area (Å²) in [6.07, 6.45) is 7.95. The molecule has 8 rings (SSSR count). The smallest absolute Gasteiger partial charge is 0.416 e. The number of aldehydes is 2. The largest absolute Gasteiger partial charge is 0.443 e. The van der Waals surface area contributed by atoms with Gasteiger partial charge in [-0.1, -0.05) is 36.4 Å². The van der Waals surface area contributed by atoms with Gasteiger partial charge in [-0.25, -0.2) is 14.8 Å². The number of benzene rings is 2. The number of amides is 3. The summed E-state index contributed by atoms with van der Waals surface area (Å²) in [6.45, 7) is 9.28. The first kappa shape index (κ1) is 40.2. The first-order chi connectivity index (χ1) is 28.3. The van der Waals surface area contributed by atoms with Crippen molar-refractivity contribution in [1.29, 1.82) is 0 Å². The minimum Gasteiger partial charge on any atom is -0.443 e. The van der Waals surface area contributed by atoms with Crippen LogP contribution < -0.4 is 20.9 Å². The first-order valence-electron chi connectivity index (χ1n) is 19.4. The van der Waals surface area contributed by atoms with Crippen molar-refractivity contribution in [1.82, 2.24) is 39.8 Å². The maximum atomic E-state index is 13.1. The van der Waals surface area contributed by atoms with Crippen LogP contribution in [-0.2, 0) is 27.4 Å². The third-order valence-electron chi connectivity index (χ3n) is 9.44. The van der Waals surface area contributed by atoms with Crippen molar-refractivity contribution < 1.29 is 28.7 Å². The van der Waals surface area contributed by atoms with Crippen LogP contribution in [0.5, 0.6) is 0 Å². The van der Waals surface area contributed by atoms with Gasteiger partial charge in [0.15, 0.2) is 23.9 Å². The summed E-state index contributed by atoms with van der Waals surface area (Å²) in [5, 5.41) is 17.6. The Morgan fingerprint density at radius 2 is 1.29 bits per heavy atom. The van der Waals surface area contributed by atoms with Gasteiger partial charge in [0.1, 0.15) is 17.2 Å². The highest BCUT2D eigenvalue weighted by Crippen LogP contribution is 2.36. The molecule has 59 heavy (non-hydrogen) atoms. The van der Waals surface area contributed by atoms with E-state index in [9.17, 15) is 24.0 Å². The molecule has 2 aromatic carbocycles. The Morgan fingerprint density at radius 1 is 0.763 bits per heavy atom. The molecule has 0 saturated heterocycles. The highest BCUT2D eigenvalue weighted by atomic mass is 16.6. The summed E-state index contributed by atoms with van der Waals surface area (Å²) in [5.41, 5.74) is 5.97. The molecule has 0 radical (unpaired) electrons. The number of carbonyl (C=O) groups is 5. The van der Waals surface area contributed by atoms with Gasteiger partial charge in [-0.15, -0.1) is 0 Å². The summed E-state index contributed by atoms with van der Waals surface area (Å²) in [4.78, 5) is 69.5. The van der Waals surface area contributed by atoms with Crippen molar-refractivity contribution in [2.75, 3.05) is 10.2 Å². The van der Waals surface area contributed by atoms with Crippen molar-refractivity contribution in [3.05, 3.63) is 95.3 Å². The zero-order valence-electron chi connectivity index (χ0n) is 33.6. The molecule has 16 heteroatoms. The van der Waals surface area contributed by atoms with Crippen molar-refractivity contribution >= 4 is 53.4 Å². The fourth-order valence-electron chi connectivity index (χ4n) is 6.32. The van der Waals surface area contributed by atoms with Crippen LogP contribution in [0.2, 0.25) is 0 Å². The minimum atomic E-state index is -0.657. The zero-order chi connectivity index (χ0) is 41.8. The van der Waals surface area contributed by atoms with Crippen LogP contribution in [0.1, 0.15) is 92.1 Å². The molecular weight excluding hydrogens is 753 g/mol. The second-order valence-electron chi connectivity index (χ2n) is 15.7. The standard InChI is InChI=1S/C24H27N5O4.C19H19N5O2/c1-15(31)25-12-16-6-5-7-17(10-16)20-11-21(29-22(27-20)18(14-30)13-26-29)28(19-8-9-19)23(32)33-24(2,3)4;1-12(26)20-9-13-3-2-4-14(7-13)17-8-18(22-16-5-6-16)24-19(23-17)15(11-25)10-21-24/h5-7,10-11,13-14,19H,8-9,12H2,1-4H3,(H,25,31);2-4,7-8,10-11,16,22H,5-6,9H2,1H3,(H,20,26). The second-order valence-corrected chi connectivity index (χ2v) is 15.7. The van der Waals surface area contributed by atoms with Gasteiger partial charge in [-0.05, 0) is 69.7 Å². The molecule has 16 nitrogen and oxygen atoms in total. The van der Waals surface area contributed by atoms with Crippen LogP contribution >= 0.6 is 0 Å². The summed E-state index contributed by atoms with van der Waals surface area (Å²) >= 11 is 0. The van der Waals surface area contributed by atoms with Gasteiger partial charge in [0, 0.05) is 62.3 Å². The van der Waals surface area contributed by atoms with Crippen LogP contribution in [0.25, 0.3) is 33.8 Å². The molecule has 2 aliphatic carbocycles. The molecular formula is C43H46N10O6. The summed E-state index contributed by atoms with van der Waals surface area (Å²) in [5.74, 6) is 1.13. The molecule has 0 spiro atoms. The SMILES string of the molecule is CC(=O)NCc1cccc(-c2cc(N(C(=O)OC(C)(C)C)C3CC3)n3ncc(C=O)c3n2)c1.CC(=O)NCc1cccc(-c2cc(NC3CC3)n3ncc(C=O)c3n2)c1. The number of hydrogen-bond donors (Lipinski definition) is 3. The van der Waals surface area contributed by atoms with E-state index in [2.05, 4.69) is 36.1 Å². The van der Waals surface area contributed by atoms with Gasteiger partial charge >= 0.3 is 6.09 Å². The number of nitrogens with zero attached hydrogens (tertiary/aromatic N) is 7. The van der Waals surface area contributed by atoms with E-state index in [0.29, 0.717) is 59.4 Å². The summed E-state index contributed by atoms with van der Waals surface area (Å²) in [7, 11) is 0. The second kappa shape index (κ2) is 16.9. The maximum absolute atomic E-state index is 13.1. The van der Waals surface area contributed by atoms with Crippen LogP contribution in [0.4, 0.5) is 16.4 Å². The number of nitrogens with one attached hydrogen (secondary N) is 3.